The molecule has 0 aromatic heterocycles. The predicted octanol–water partition coefficient (Wildman–Crippen LogP) is 3.49. The summed E-state index contributed by atoms with van der Waals surface area (Å²) in [5.41, 5.74) is -0.100. The molecule has 2 aromatic carbocycles. The molecule has 0 radical (unpaired) electrons. The van der Waals surface area contributed by atoms with Gasteiger partial charge < -0.3 is 9.80 Å². The van der Waals surface area contributed by atoms with Crippen molar-refractivity contribution in [2.75, 3.05) is 26.2 Å². The second-order valence-electron chi connectivity index (χ2n) is 7.80. The van der Waals surface area contributed by atoms with Crippen LogP contribution in [0.25, 0.3) is 0 Å². The van der Waals surface area contributed by atoms with E-state index >= 15 is 0 Å². The van der Waals surface area contributed by atoms with E-state index in [4.69, 9.17) is 0 Å². The molecule has 0 spiro atoms. The fraction of sp³-hybridized carbons (Fsp3) is 0.364. The lowest BCUT2D eigenvalue weighted by Crippen LogP contribution is -2.54. The van der Waals surface area contributed by atoms with E-state index in [1.807, 2.05) is 0 Å². The number of nitrogens with zero attached hydrogens (tertiary/aromatic N) is 3. The van der Waals surface area contributed by atoms with Gasteiger partial charge in [-0.1, -0.05) is 29.8 Å². The van der Waals surface area contributed by atoms with Gasteiger partial charge in [-0.25, -0.2) is 17.5 Å². The smallest absolute Gasteiger partial charge is 0.339 e. The predicted molar refractivity (Wildman–Crippen MR) is 115 cm³/mol. The molecule has 1 aliphatic rings. The topological polar surface area (TPSA) is 78.0 Å². The highest BCUT2D eigenvalue weighted by Crippen LogP contribution is 2.30. The van der Waals surface area contributed by atoms with Crippen LogP contribution >= 0.6 is 0 Å². The first-order chi connectivity index (χ1) is 15.4. The number of aryl methyl sites for hydroxylation is 1. The summed E-state index contributed by atoms with van der Waals surface area (Å²) < 4.78 is 66.8. The molecule has 3 rings (SSSR count). The molecule has 33 heavy (non-hydrogen) atoms. The summed E-state index contributed by atoms with van der Waals surface area (Å²) in [5, 5.41) is 0. The number of piperazine rings is 1. The SMILES string of the molecule is CC(=O)N1CCN(C(=O)N(Cc2cccc(C(F)(F)F)c2)S(=O)(=O)c2ccc(C)cc2)CC1. The van der Waals surface area contributed by atoms with Crippen LogP contribution in [0.4, 0.5) is 18.0 Å². The second kappa shape index (κ2) is 9.42. The fourth-order valence-corrected chi connectivity index (χ4v) is 4.85. The minimum absolute atomic E-state index is 0.0243. The molecule has 2 aromatic rings. The number of rotatable bonds is 4. The third-order valence-electron chi connectivity index (χ3n) is 5.40. The molecule has 178 valence electrons. The molecule has 0 atom stereocenters. The minimum atomic E-state index is -4.61. The summed E-state index contributed by atoms with van der Waals surface area (Å²) in [7, 11) is -4.36. The van der Waals surface area contributed by atoms with Crippen LogP contribution in [0.5, 0.6) is 0 Å². The van der Waals surface area contributed by atoms with Crippen molar-refractivity contribution in [1.29, 1.82) is 0 Å². The van der Waals surface area contributed by atoms with Crippen molar-refractivity contribution >= 4 is 22.0 Å². The number of carbonyl (C=O) groups excluding carboxylic acids is 2. The second-order valence-corrected chi connectivity index (χ2v) is 9.66. The summed E-state index contributed by atoms with van der Waals surface area (Å²) in [5.74, 6) is -0.157. The van der Waals surface area contributed by atoms with E-state index in [2.05, 4.69) is 0 Å². The van der Waals surface area contributed by atoms with Crippen LogP contribution in [0, 0.1) is 6.92 Å². The third kappa shape index (κ3) is 5.65. The summed E-state index contributed by atoms with van der Waals surface area (Å²) in [6.07, 6.45) is -4.61. The minimum Gasteiger partial charge on any atom is -0.339 e. The average molecular weight is 484 g/mol. The first kappa shape index (κ1) is 24.6. The quantitative estimate of drug-likeness (QED) is 0.667. The Kier molecular flexibility index (Phi) is 7.01. The number of urea groups is 1. The maximum Gasteiger partial charge on any atom is 0.416 e. The van der Waals surface area contributed by atoms with E-state index in [1.165, 1.54) is 41.0 Å². The van der Waals surface area contributed by atoms with Gasteiger partial charge in [-0.2, -0.15) is 13.2 Å². The fourth-order valence-electron chi connectivity index (χ4n) is 3.48. The number of hydrogen-bond acceptors (Lipinski definition) is 4. The Morgan fingerprint density at radius 2 is 1.55 bits per heavy atom. The Bertz CT molecular complexity index is 1130. The summed E-state index contributed by atoms with van der Waals surface area (Å²) >= 11 is 0. The van der Waals surface area contributed by atoms with Crippen molar-refractivity contribution in [2.24, 2.45) is 0 Å². The number of alkyl halides is 3. The van der Waals surface area contributed by atoms with Crippen molar-refractivity contribution in [3.05, 3.63) is 65.2 Å². The highest BCUT2D eigenvalue weighted by Gasteiger charge is 2.35. The maximum absolute atomic E-state index is 13.4. The number of benzene rings is 2. The Labute approximate surface area is 190 Å². The van der Waals surface area contributed by atoms with Gasteiger partial charge in [-0.05, 0) is 36.8 Å². The molecular formula is C22H24F3N3O4S. The van der Waals surface area contributed by atoms with Gasteiger partial charge in [0.15, 0.2) is 0 Å². The molecule has 0 bridgehead atoms. The molecule has 1 heterocycles. The lowest BCUT2D eigenvalue weighted by Gasteiger charge is -2.37. The molecule has 0 saturated carbocycles. The van der Waals surface area contributed by atoms with Crippen molar-refractivity contribution < 1.29 is 31.2 Å². The standard InChI is InChI=1S/C22H24F3N3O4S/c1-16-6-8-20(9-7-16)33(31,32)28(15-18-4-3-5-19(14-18)22(23,24)25)21(30)27-12-10-26(11-13-27)17(2)29/h3-9,14H,10-13,15H2,1-2H3. The van der Waals surface area contributed by atoms with Crippen LogP contribution in [0.1, 0.15) is 23.6 Å². The molecule has 1 aliphatic heterocycles. The van der Waals surface area contributed by atoms with Crippen LogP contribution in [0.2, 0.25) is 0 Å². The van der Waals surface area contributed by atoms with Crippen LogP contribution in [0.15, 0.2) is 53.4 Å². The van der Waals surface area contributed by atoms with Crippen molar-refractivity contribution in [1.82, 2.24) is 14.1 Å². The first-order valence-corrected chi connectivity index (χ1v) is 11.6. The lowest BCUT2D eigenvalue weighted by atomic mass is 10.1. The van der Waals surface area contributed by atoms with Crippen LogP contribution in [-0.4, -0.2) is 60.6 Å². The molecule has 0 N–H and O–H groups in total. The van der Waals surface area contributed by atoms with Crippen LogP contribution in [0.3, 0.4) is 0 Å². The zero-order valence-corrected chi connectivity index (χ0v) is 19.0. The van der Waals surface area contributed by atoms with E-state index in [0.29, 0.717) is 4.31 Å². The molecule has 1 fully saturated rings. The van der Waals surface area contributed by atoms with Gasteiger partial charge in [0.25, 0.3) is 10.0 Å². The molecule has 11 heteroatoms. The maximum atomic E-state index is 13.4. The highest BCUT2D eigenvalue weighted by atomic mass is 32.2. The lowest BCUT2D eigenvalue weighted by molar-refractivity contribution is -0.137. The van der Waals surface area contributed by atoms with Crippen molar-refractivity contribution in [3.8, 4) is 0 Å². The molecule has 1 saturated heterocycles. The normalized spacial score (nSPS) is 14.8. The van der Waals surface area contributed by atoms with Gasteiger partial charge in [0.2, 0.25) is 5.91 Å². The largest absolute Gasteiger partial charge is 0.416 e. The molecule has 0 aliphatic carbocycles. The van der Waals surface area contributed by atoms with E-state index < -0.39 is 34.3 Å². The zero-order chi connectivity index (χ0) is 24.4. The number of halogens is 3. The zero-order valence-electron chi connectivity index (χ0n) is 18.2. The van der Waals surface area contributed by atoms with Crippen molar-refractivity contribution in [3.63, 3.8) is 0 Å². The number of amides is 3. The van der Waals surface area contributed by atoms with Crippen LogP contribution in [-0.2, 0) is 27.5 Å². The summed E-state index contributed by atoms with van der Waals surface area (Å²) in [6.45, 7) is 3.32. The molecule has 0 unspecified atom stereocenters. The van der Waals surface area contributed by atoms with E-state index in [9.17, 15) is 31.2 Å². The summed E-state index contributed by atoms with van der Waals surface area (Å²) in [6, 6.07) is 9.23. The van der Waals surface area contributed by atoms with Gasteiger partial charge in [0, 0.05) is 33.1 Å². The molecule has 3 amide bonds. The van der Waals surface area contributed by atoms with E-state index in [0.717, 1.165) is 17.7 Å². The first-order valence-electron chi connectivity index (χ1n) is 10.2. The average Bonchev–Trinajstić information content (AvgIpc) is 2.77. The van der Waals surface area contributed by atoms with Gasteiger partial charge >= 0.3 is 12.2 Å². The molecular weight excluding hydrogens is 459 g/mol. The number of carbonyl (C=O) groups is 2. The Balaban J connectivity index is 1.95. The van der Waals surface area contributed by atoms with Gasteiger partial charge in [0.1, 0.15) is 0 Å². The molecule has 7 nitrogen and oxygen atoms in total. The Hall–Kier alpha value is -3.08. The van der Waals surface area contributed by atoms with Crippen LogP contribution < -0.4 is 0 Å². The van der Waals surface area contributed by atoms with E-state index in [-0.39, 0.29) is 42.5 Å². The third-order valence-corrected chi connectivity index (χ3v) is 7.13. The Morgan fingerprint density at radius 3 is 2.09 bits per heavy atom. The Morgan fingerprint density at radius 1 is 0.970 bits per heavy atom. The van der Waals surface area contributed by atoms with E-state index in [1.54, 1.807) is 19.1 Å². The summed E-state index contributed by atoms with van der Waals surface area (Å²) in [4.78, 5) is 27.5. The highest BCUT2D eigenvalue weighted by molar-refractivity contribution is 7.89. The van der Waals surface area contributed by atoms with Crippen molar-refractivity contribution in [2.45, 2.75) is 31.5 Å². The number of hydrogen-bond donors (Lipinski definition) is 0. The number of sulfonamides is 1. The van der Waals surface area contributed by atoms with Gasteiger partial charge in [-0.3, -0.25) is 4.79 Å². The monoisotopic (exact) mass is 483 g/mol. The van der Waals surface area contributed by atoms with Gasteiger partial charge in [-0.15, -0.1) is 0 Å². The van der Waals surface area contributed by atoms with Gasteiger partial charge in [0.05, 0.1) is 17.0 Å².